The molecule has 0 bridgehead atoms. The second-order valence-corrected chi connectivity index (χ2v) is 14.6. The van der Waals surface area contributed by atoms with Crippen molar-refractivity contribution in [1.29, 1.82) is 0 Å². The highest BCUT2D eigenvalue weighted by molar-refractivity contribution is 8.22. The molecule has 0 N–H and O–H groups in total. The number of fused-ring (bicyclic) bond motifs is 1. The number of halogens is 1. The van der Waals surface area contributed by atoms with Crippen LogP contribution in [0.15, 0.2) is 109 Å². The van der Waals surface area contributed by atoms with Crippen molar-refractivity contribution >= 4 is 49.5 Å². The van der Waals surface area contributed by atoms with Gasteiger partial charge >= 0.3 is 0 Å². The maximum atomic E-state index is 13.9. The van der Waals surface area contributed by atoms with Gasteiger partial charge in [-0.2, -0.15) is 0 Å². The molecular formula is C26H21FN3O2PS2. The summed E-state index contributed by atoms with van der Waals surface area (Å²) < 4.78 is 42.5. The summed E-state index contributed by atoms with van der Waals surface area (Å²) in [6.45, 7) is 0. The van der Waals surface area contributed by atoms with Crippen molar-refractivity contribution < 1.29 is 12.8 Å². The van der Waals surface area contributed by atoms with Gasteiger partial charge in [0.25, 0.3) is 10.0 Å². The van der Waals surface area contributed by atoms with E-state index in [4.69, 9.17) is 11.8 Å². The van der Waals surface area contributed by atoms with Crippen molar-refractivity contribution in [2.24, 2.45) is 0 Å². The number of hydrogen-bond acceptors (Lipinski definition) is 5. The highest BCUT2D eigenvalue weighted by Gasteiger charge is 2.38. The van der Waals surface area contributed by atoms with Crippen LogP contribution in [0.2, 0.25) is 0 Å². The van der Waals surface area contributed by atoms with Crippen LogP contribution in [-0.2, 0) is 21.8 Å². The molecule has 0 fully saturated rings. The summed E-state index contributed by atoms with van der Waals surface area (Å²) in [5.74, 6) is -0.710. The molecule has 0 aliphatic carbocycles. The second-order valence-electron chi connectivity index (χ2n) is 8.10. The van der Waals surface area contributed by atoms with Crippen molar-refractivity contribution in [2.45, 2.75) is 5.66 Å². The Balaban J connectivity index is 1.73. The molecule has 0 saturated heterocycles. The topological polar surface area (TPSA) is 64.8 Å². The van der Waals surface area contributed by atoms with Gasteiger partial charge in [-0.3, -0.25) is 0 Å². The van der Waals surface area contributed by atoms with Gasteiger partial charge in [-0.25, -0.2) is 12.8 Å². The van der Waals surface area contributed by atoms with E-state index in [0.717, 1.165) is 14.7 Å². The van der Waals surface area contributed by atoms with Crippen LogP contribution >= 0.6 is 6.04 Å². The minimum Gasteiger partial charge on any atom is -0.207 e. The van der Waals surface area contributed by atoms with E-state index >= 15 is 0 Å². The lowest BCUT2D eigenvalue weighted by Gasteiger charge is -2.32. The summed E-state index contributed by atoms with van der Waals surface area (Å²) in [6.07, 6.45) is 0. The highest BCUT2D eigenvalue weighted by atomic mass is 32.4. The van der Waals surface area contributed by atoms with Crippen molar-refractivity contribution in [3.05, 3.63) is 121 Å². The molecule has 0 saturated carbocycles. The molecule has 0 radical (unpaired) electrons. The Morgan fingerprint density at radius 3 is 1.94 bits per heavy atom. The van der Waals surface area contributed by atoms with Gasteiger partial charge in [0.2, 0.25) is 0 Å². The fourth-order valence-corrected chi connectivity index (χ4v) is 11.4. The molecule has 0 amide bonds. The molecule has 1 heterocycles. The standard InChI is InChI=1S/C26H21FN3O2PS2/c27-21-17-15-20(16-18-21)26(19-35(31,32)30-25-14-8-7-13-24(25)28-29-30)33(34,22-9-3-1-4-10-22)23-11-5-2-6-12-23/h1-18,26H,19H2/t26-/m0/s1. The lowest BCUT2D eigenvalue weighted by molar-refractivity contribution is 0.578. The SMILES string of the molecule is O=S(=O)(C[C@@H](c1ccc(F)cc1)P(=S)(c1ccccc1)c1ccccc1)n1nnc2ccccc21. The third-order valence-electron chi connectivity index (χ3n) is 5.93. The second kappa shape index (κ2) is 9.46. The van der Waals surface area contributed by atoms with E-state index in [9.17, 15) is 12.8 Å². The summed E-state index contributed by atoms with van der Waals surface area (Å²) in [4.78, 5) is 0. The number of hydrogen-bond donors (Lipinski definition) is 0. The lowest BCUT2D eigenvalue weighted by Crippen LogP contribution is -2.29. The first-order valence-electron chi connectivity index (χ1n) is 10.9. The van der Waals surface area contributed by atoms with Crippen molar-refractivity contribution in [3.8, 4) is 0 Å². The van der Waals surface area contributed by atoms with Gasteiger partial charge < -0.3 is 0 Å². The van der Waals surface area contributed by atoms with Crippen molar-refractivity contribution in [2.75, 3.05) is 5.75 Å². The number of benzene rings is 4. The van der Waals surface area contributed by atoms with Gasteiger partial charge in [-0.05, 0) is 40.4 Å². The summed E-state index contributed by atoms with van der Waals surface area (Å²) >= 11 is 6.47. The molecule has 5 rings (SSSR count). The highest BCUT2D eigenvalue weighted by Crippen LogP contribution is 2.58. The predicted octanol–water partition coefficient (Wildman–Crippen LogP) is 4.62. The van der Waals surface area contributed by atoms with E-state index in [1.165, 1.54) is 12.1 Å². The zero-order valence-electron chi connectivity index (χ0n) is 18.5. The Labute approximate surface area is 208 Å². The van der Waals surface area contributed by atoms with Crippen LogP contribution in [0, 0.1) is 5.82 Å². The van der Waals surface area contributed by atoms with Crippen LogP contribution in [0.3, 0.4) is 0 Å². The molecule has 5 nitrogen and oxygen atoms in total. The predicted molar refractivity (Wildman–Crippen MR) is 142 cm³/mol. The van der Waals surface area contributed by atoms with Crippen LogP contribution in [0.1, 0.15) is 11.2 Å². The first-order chi connectivity index (χ1) is 16.9. The minimum atomic E-state index is -3.99. The zero-order chi connectivity index (χ0) is 24.5. The molecular weight excluding hydrogens is 500 g/mol. The third-order valence-corrected chi connectivity index (χ3v) is 13.2. The van der Waals surface area contributed by atoms with E-state index < -0.39 is 27.5 Å². The van der Waals surface area contributed by atoms with Crippen molar-refractivity contribution in [1.82, 2.24) is 14.4 Å². The van der Waals surface area contributed by atoms with Gasteiger partial charge in [0.1, 0.15) is 16.9 Å². The van der Waals surface area contributed by atoms with E-state index in [2.05, 4.69) is 10.3 Å². The summed E-state index contributed by atoms with van der Waals surface area (Å²) in [6, 6.07) is 29.3. The molecule has 35 heavy (non-hydrogen) atoms. The van der Waals surface area contributed by atoms with E-state index in [1.807, 2.05) is 60.7 Å². The van der Waals surface area contributed by atoms with E-state index in [1.54, 1.807) is 36.4 Å². The molecule has 0 aliphatic heterocycles. The molecule has 1 atom stereocenters. The van der Waals surface area contributed by atoms with Crippen LogP contribution in [0.25, 0.3) is 11.0 Å². The number of rotatable bonds is 7. The Morgan fingerprint density at radius 1 is 0.800 bits per heavy atom. The molecule has 0 unspecified atom stereocenters. The summed E-state index contributed by atoms with van der Waals surface area (Å²) in [7, 11) is -3.99. The maximum absolute atomic E-state index is 13.9. The Kier molecular flexibility index (Phi) is 6.36. The fraction of sp³-hybridized carbons (Fsp3) is 0.0769. The van der Waals surface area contributed by atoms with Gasteiger partial charge in [-0.15, -0.1) is 9.19 Å². The molecule has 176 valence electrons. The van der Waals surface area contributed by atoms with Crippen LogP contribution < -0.4 is 10.6 Å². The van der Waals surface area contributed by atoms with Crippen LogP contribution in [0.5, 0.6) is 0 Å². The largest absolute Gasteiger partial charge is 0.256 e. The monoisotopic (exact) mass is 521 g/mol. The molecule has 1 aromatic heterocycles. The van der Waals surface area contributed by atoms with E-state index in [-0.39, 0.29) is 5.75 Å². The van der Waals surface area contributed by atoms with Gasteiger partial charge in [0.05, 0.1) is 5.75 Å². The summed E-state index contributed by atoms with van der Waals surface area (Å²) in [5.41, 5.74) is 0.921. The fourth-order valence-electron chi connectivity index (χ4n) is 4.23. The normalized spacial score (nSPS) is 13.1. The Bertz CT molecular complexity index is 1580. The first kappa shape index (κ1) is 23.5. The van der Waals surface area contributed by atoms with E-state index in [0.29, 0.717) is 16.6 Å². The average Bonchev–Trinajstić information content (AvgIpc) is 3.34. The first-order valence-corrected chi connectivity index (χ1v) is 15.4. The molecule has 0 spiro atoms. The van der Waals surface area contributed by atoms with Crippen LogP contribution in [0.4, 0.5) is 4.39 Å². The van der Waals surface area contributed by atoms with Crippen molar-refractivity contribution in [3.63, 3.8) is 0 Å². The molecule has 0 aliphatic rings. The summed E-state index contributed by atoms with van der Waals surface area (Å²) in [5, 5.41) is 9.74. The van der Waals surface area contributed by atoms with Crippen LogP contribution in [-0.4, -0.2) is 28.6 Å². The Morgan fingerprint density at radius 2 is 1.34 bits per heavy atom. The maximum Gasteiger partial charge on any atom is 0.256 e. The zero-order valence-corrected chi connectivity index (χ0v) is 21.0. The number of para-hydroxylation sites is 1. The molecule has 5 aromatic rings. The minimum absolute atomic E-state index is 0.312. The number of nitrogens with zero attached hydrogens (tertiary/aromatic N) is 3. The van der Waals surface area contributed by atoms with Gasteiger partial charge in [-0.1, -0.05) is 102 Å². The third kappa shape index (κ3) is 4.45. The average molecular weight is 522 g/mol. The quantitative estimate of drug-likeness (QED) is 0.293. The molecule has 9 heteroatoms. The Hall–Kier alpha value is -3.19. The van der Waals surface area contributed by atoms with Gasteiger partial charge in [0.15, 0.2) is 0 Å². The smallest absolute Gasteiger partial charge is 0.207 e. The number of aromatic nitrogens is 3. The van der Waals surface area contributed by atoms with Gasteiger partial charge in [0, 0.05) is 11.7 Å². The molecule has 4 aromatic carbocycles. The lowest BCUT2D eigenvalue weighted by atomic mass is 10.2.